The summed E-state index contributed by atoms with van der Waals surface area (Å²) in [5.41, 5.74) is 7.83. The molecule has 4 aromatic rings. The van der Waals surface area contributed by atoms with Crippen molar-refractivity contribution in [1.29, 1.82) is 0 Å². The van der Waals surface area contributed by atoms with E-state index in [0.29, 0.717) is 18.8 Å². The third-order valence-corrected chi connectivity index (χ3v) is 7.32. The number of pyridine rings is 1. The number of hydrogen-bond donors (Lipinski definition) is 1. The van der Waals surface area contributed by atoms with Crippen molar-refractivity contribution in [3.8, 4) is 11.1 Å². The second-order valence-corrected chi connectivity index (χ2v) is 9.98. The highest BCUT2D eigenvalue weighted by Crippen LogP contribution is 2.42. The zero-order chi connectivity index (χ0) is 24.2. The van der Waals surface area contributed by atoms with Crippen LogP contribution in [-0.4, -0.2) is 51.4 Å². The van der Waals surface area contributed by atoms with Gasteiger partial charge in [0.1, 0.15) is 0 Å². The summed E-state index contributed by atoms with van der Waals surface area (Å²) < 4.78 is 9.55. The van der Waals surface area contributed by atoms with E-state index < -0.39 is 0 Å². The molecule has 8 nitrogen and oxygen atoms in total. The first-order chi connectivity index (χ1) is 16.9. The zero-order valence-electron chi connectivity index (χ0n) is 20.4. The average Bonchev–Trinajstić information content (AvgIpc) is 3.26. The van der Waals surface area contributed by atoms with E-state index in [9.17, 15) is 4.79 Å². The molecule has 4 heterocycles. The molecule has 8 heteroatoms. The van der Waals surface area contributed by atoms with Crippen molar-refractivity contribution in [2.75, 3.05) is 36.5 Å². The van der Waals surface area contributed by atoms with Crippen molar-refractivity contribution >= 4 is 22.9 Å². The summed E-state index contributed by atoms with van der Waals surface area (Å²) in [6.45, 7) is 9.42. The van der Waals surface area contributed by atoms with E-state index >= 15 is 0 Å². The number of aromatic nitrogens is 4. The molecule has 0 atom stereocenters. The summed E-state index contributed by atoms with van der Waals surface area (Å²) in [6, 6.07) is 6.42. The lowest BCUT2D eigenvalue weighted by Crippen LogP contribution is -2.36. The minimum absolute atomic E-state index is 0.0651. The van der Waals surface area contributed by atoms with Crippen LogP contribution in [0, 0.1) is 13.8 Å². The van der Waals surface area contributed by atoms with Gasteiger partial charge in [0.05, 0.1) is 36.2 Å². The highest BCUT2D eigenvalue weighted by atomic mass is 16.5. The van der Waals surface area contributed by atoms with Gasteiger partial charge < -0.3 is 19.4 Å². The van der Waals surface area contributed by atoms with E-state index in [-0.39, 0.29) is 11.4 Å². The fraction of sp³-hybridized carbons (Fsp3) is 0.370. The van der Waals surface area contributed by atoms with Gasteiger partial charge in [-0.05, 0) is 62.4 Å². The molecule has 2 fully saturated rings. The predicted octanol–water partition coefficient (Wildman–Crippen LogP) is 4.41. The Bertz CT molecular complexity index is 1420. The number of benzene rings is 1. The molecule has 1 N–H and O–H groups in total. The molecule has 6 rings (SSSR count). The van der Waals surface area contributed by atoms with Crippen LogP contribution in [0.15, 0.2) is 49.2 Å². The van der Waals surface area contributed by atoms with Gasteiger partial charge in [-0.15, -0.1) is 0 Å². The lowest BCUT2D eigenvalue weighted by Gasteiger charge is -2.29. The number of nitrogens with zero attached hydrogens (tertiary/aromatic N) is 5. The Morgan fingerprint density at radius 1 is 1.09 bits per heavy atom. The first-order valence-corrected chi connectivity index (χ1v) is 12.2. The third kappa shape index (κ3) is 3.97. The fourth-order valence-electron chi connectivity index (χ4n) is 4.84. The maximum Gasteiger partial charge on any atom is 0.258 e. The van der Waals surface area contributed by atoms with Crippen molar-refractivity contribution in [2.45, 2.75) is 39.2 Å². The van der Waals surface area contributed by atoms with Crippen molar-refractivity contribution in [3.63, 3.8) is 0 Å². The van der Waals surface area contributed by atoms with Crippen LogP contribution in [0.5, 0.6) is 0 Å². The SMILES string of the molecule is Cc1cc(C)c(-c2cc(N3CCOCC3)c3nccn3c2)cc1NC(=O)c1cnn(C2(C)CC2)c1. The van der Waals surface area contributed by atoms with Gasteiger partial charge in [-0.2, -0.15) is 5.10 Å². The number of fused-ring (bicyclic) bond motifs is 1. The highest BCUT2D eigenvalue weighted by molar-refractivity contribution is 6.04. The fourth-order valence-corrected chi connectivity index (χ4v) is 4.84. The Kier molecular flexibility index (Phi) is 5.14. The average molecular weight is 471 g/mol. The maximum atomic E-state index is 13.1. The number of rotatable bonds is 5. The number of carbonyl (C=O) groups is 1. The van der Waals surface area contributed by atoms with Crippen molar-refractivity contribution < 1.29 is 9.53 Å². The molecule has 35 heavy (non-hydrogen) atoms. The summed E-state index contributed by atoms with van der Waals surface area (Å²) in [5, 5.41) is 7.55. The monoisotopic (exact) mass is 470 g/mol. The highest BCUT2D eigenvalue weighted by Gasteiger charge is 2.40. The van der Waals surface area contributed by atoms with Crippen molar-refractivity contribution in [1.82, 2.24) is 19.2 Å². The van der Waals surface area contributed by atoms with Crippen LogP contribution in [-0.2, 0) is 10.3 Å². The number of aryl methyl sites for hydroxylation is 2. The molecule has 1 saturated heterocycles. The molecule has 1 aliphatic heterocycles. The number of ether oxygens (including phenoxy) is 1. The molecular formula is C27H30N6O2. The summed E-state index contributed by atoms with van der Waals surface area (Å²) in [5.74, 6) is -0.141. The Balaban J connectivity index is 1.35. The minimum Gasteiger partial charge on any atom is -0.378 e. The number of anilines is 2. The van der Waals surface area contributed by atoms with Gasteiger partial charge in [-0.25, -0.2) is 4.98 Å². The van der Waals surface area contributed by atoms with E-state index in [4.69, 9.17) is 4.74 Å². The van der Waals surface area contributed by atoms with E-state index in [1.54, 1.807) is 6.20 Å². The van der Waals surface area contributed by atoms with Gasteiger partial charge in [0.15, 0.2) is 5.65 Å². The molecule has 3 aromatic heterocycles. The second kappa shape index (κ2) is 8.23. The van der Waals surface area contributed by atoms with Gasteiger partial charge >= 0.3 is 0 Å². The van der Waals surface area contributed by atoms with Crippen LogP contribution in [0.25, 0.3) is 16.8 Å². The molecule has 1 aliphatic carbocycles. The third-order valence-electron chi connectivity index (χ3n) is 7.32. The summed E-state index contributed by atoms with van der Waals surface area (Å²) in [6.07, 6.45) is 11.6. The van der Waals surface area contributed by atoms with Gasteiger partial charge in [-0.3, -0.25) is 9.48 Å². The lowest BCUT2D eigenvalue weighted by molar-refractivity contribution is 0.102. The molecule has 1 aromatic carbocycles. The lowest BCUT2D eigenvalue weighted by atomic mass is 9.97. The van der Waals surface area contributed by atoms with Crippen LogP contribution in [0.4, 0.5) is 11.4 Å². The number of amides is 1. The van der Waals surface area contributed by atoms with Crippen molar-refractivity contribution in [3.05, 3.63) is 65.9 Å². The number of imidazole rings is 1. The molecule has 1 saturated carbocycles. The standard InChI is InChI=1S/C27H30N6O2/c1-18-12-19(2)23(30-26(34)21-15-29-33(17-21)27(3)4-5-27)14-22(18)20-13-24(31-8-10-35-11-9-31)25-28-6-7-32(25)16-20/h6-7,12-17H,4-5,8-11H2,1-3H3,(H,30,34). The molecular weight excluding hydrogens is 440 g/mol. The zero-order valence-corrected chi connectivity index (χ0v) is 20.4. The smallest absolute Gasteiger partial charge is 0.258 e. The van der Waals surface area contributed by atoms with Gasteiger partial charge in [0, 0.05) is 49.1 Å². The van der Waals surface area contributed by atoms with Crippen LogP contribution in [0.1, 0.15) is 41.3 Å². The summed E-state index contributed by atoms with van der Waals surface area (Å²) >= 11 is 0. The molecule has 1 amide bonds. The number of morpholine rings is 1. The van der Waals surface area contributed by atoms with Gasteiger partial charge in [0.2, 0.25) is 0 Å². The summed E-state index contributed by atoms with van der Waals surface area (Å²) in [4.78, 5) is 20.0. The van der Waals surface area contributed by atoms with E-state index in [1.165, 1.54) is 0 Å². The Morgan fingerprint density at radius 2 is 1.89 bits per heavy atom. The number of hydrogen-bond acceptors (Lipinski definition) is 5. The number of carbonyl (C=O) groups excluding carboxylic acids is 1. The summed E-state index contributed by atoms with van der Waals surface area (Å²) in [7, 11) is 0. The second-order valence-electron chi connectivity index (χ2n) is 9.98. The van der Waals surface area contributed by atoms with Crippen LogP contribution in [0.3, 0.4) is 0 Å². The van der Waals surface area contributed by atoms with Gasteiger partial charge in [-0.1, -0.05) is 6.07 Å². The molecule has 0 radical (unpaired) electrons. The Morgan fingerprint density at radius 3 is 2.66 bits per heavy atom. The first kappa shape index (κ1) is 21.9. The first-order valence-electron chi connectivity index (χ1n) is 12.2. The molecule has 2 aliphatic rings. The van der Waals surface area contributed by atoms with Crippen LogP contribution < -0.4 is 10.2 Å². The Labute approximate surface area is 204 Å². The van der Waals surface area contributed by atoms with Gasteiger partial charge in [0.25, 0.3) is 5.91 Å². The van der Waals surface area contributed by atoms with E-state index in [0.717, 1.165) is 65.2 Å². The van der Waals surface area contributed by atoms with E-state index in [1.807, 2.05) is 30.2 Å². The van der Waals surface area contributed by atoms with Crippen LogP contribution >= 0.6 is 0 Å². The number of nitrogens with one attached hydrogen (secondary N) is 1. The quantitative estimate of drug-likeness (QED) is 0.468. The molecule has 180 valence electrons. The largest absolute Gasteiger partial charge is 0.378 e. The molecule has 0 bridgehead atoms. The van der Waals surface area contributed by atoms with E-state index in [2.05, 4.69) is 62.9 Å². The Hall–Kier alpha value is -3.65. The maximum absolute atomic E-state index is 13.1. The molecule has 0 spiro atoms. The molecule has 0 unspecified atom stereocenters. The predicted molar refractivity (Wildman–Crippen MR) is 136 cm³/mol. The topological polar surface area (TPSA) is 76.7 Å². The normalized spacial score (nSPS) is 17.1. The van der Waals surface area contributed by atoms with Crippen LogP contribution in [0.2, 0.25) is 0 Å². The minimum atomic E-state index is -0.141. The van der Waals surface area contributed by atoms with Crippen molar-refractivity contribution in [2.24, 2.45) is 0 Å².